The molecule has 0 aromatic rings. The molecule has 0 saturated heterocycles. The second-order valence-corrected chi connectivity index (χ2v) is 2.90. The van der Waals surface area contributed by atoms with Crippen LogP contribution in [0.15, 0.2) is 0 Å². The molecule has 66 valence electrons. The van der Waals surface area contributed by atoms with Gasteiger partial charge in [0.1, 0.15) is 0 Å². The highest BCUT2D eigenvalue weighted by molar-refractivity contribution is 5.76. The number of rotatable bonds is 5. The molecule has 2 atom stereocenters. The Labute approximate surface area is 67.6 Å². The summed E-state index contributed by atoms with van der Waals surface area (Å²) in [6.45, 7) is 3.70. The summed E-state index contributed by atoms with van der Waals surface area (Å²) in [6.07, 6.45) is 2.08. The van der Waals surface area contributed by atoms with Crippen LogP contribution in [0, 0.1) is 5.92 Å². The number of primary amides is 1. The van der Waals surface area contributed by atoms with E-state index in [1.807, 2.05) is 6.92 Å². The van der Waals surface area contributed by atoms with Crippen molar-refractivity contribution in [3.05, 3.63) is 0 Å². The Bertz CT molecular complexity index is 125. The number of amides is 1. The molecule has 0 fully saturated rings. The van der Waals surface area contributed by atoms with Crippen LogP contribution in [0.4, 0.5) is 0 Å². The molecule has 0 radical (unpaired) electrons. The van der Waals surface area contributed by atoms with E-state index in [1.54, 1.807) is 6.92 Å². The molecule has 3 heteroatoms. The molecule has 0 bridgehead atoms. The number of hydrogen-bond donors (Lipinski definition) is 2. The normalized spacial score (nSPS) is 15.9. The number of aliphatic hydroxyl groups excluding tert-OH is 1. The van der Waals surface area contributed by atoms with E-state index in [0.717, 1.165) is 12.8 Å². The lowest BCUT2D eigenvalue weighted by atomic mass is 9.99. The molecule has 0 aromatic heterocycles. The SMILES string of the molecule is CCCC[C@H](O)[C@@H](C)C(N)=O. The summed E-state index contributed by atoms with van der Waals surface area (Å²) in [5, 5.41) is 9.32. The largest absolute Gasteiger partial charge is 0.392 e. The molecule has 1 amide bonds. The highest BCUT2D eigenvalue weighted by Crippen LogP contribution is 2.09. The Morgan fingerprint density at radius 2 is 2.18 bits per heavy atom. The van der Waals surface area contributed by atoms with Crippen molar-refractivity contribution < 1.29 is 9.90 Å². The van der Waals surface area contributed by atoms with Crippen molar-refractivity contribution in [3.63, 3.8) is 0 Å². The Morgan fingerprint density at radius 1 is 1.64 bits per heavy atom. The van der Waals surface area contributed by atoms with Crippen molar-refractivity contribution in [3.8, 4) is 0 Å². The lowest BCUT2D eigenvalue weighted by Crippen LogP contribution is -2.31. The molecule has 11 heavy (non-hydrogen) atoms. The van der Waals surface area contributed by atoms with Gasteiger partial charge in [-0.15, -0.1) is 0 Å². The zero-order valence-corrected chi connectivity index (χ0v) is 7.21. The first kappa shape index (κ1) is 10.4. The van der Waals surface area contributed by atoms with Crippen LogP contribution in [0.1, 0.15) is 33.1 Å². The van der Waals surface area contributed by atoms with Gasteiger partial charge >= 0.3 is 0 Å². The Hall–Kier alpha value is -0.570. The number of unbranched alkanes of at least 4 members (excludes halogenated alkanes) is 1. The van der Waals surface area contributed by atoms with Gasteiger partial charge in [-0.25, -0.2) is 0 Å². The fourth-order valence-electron chi connectivity index (χ4n) is 0.853. The molecule has 3 nitrogen and oxygen atoms in total. The monoisotopic (exact) mass is 159 g/mol. The summed E-state index contributed by atoms with van der Waals surface area (Å²) in [6, 6.07) is 0. The first-order chi connectivity index (χ1) is 5.09. The van der Waals surface area contributed by atoms with Gasteiger partial charge in [-0.3, -0.25) is 4.79 Å². The lowest BCUT2D eigenvalue weighted by molar-refractivity contribution is -0.124. The third-order valence-electron chi connectivity index (χ3n) is 1.88. The zero-order chi connectivity index (χ0) is 8.85. The minimum Gasteiger partial charge on any atom is -0.392 e. The van der Waals surface area contributed by atoms with Gasteiger partial charge in [0.05, 0.1) is 12.0 Å². The van der Waals surface area contributed by atoms with Crippen molar-refractivity contribution in [2.24, 2.45) is 11.7 Å². The summed E-state index contributed by atoms with van der Waals surface area (Å²) in [7, 11) is 0. The van der Waals surface area contributed by atoms with Crippen LogP contribution < -0.4 is 5.73 Å². The third kappa shape index (κ3) is 3.98. The summed E-state index contributed by atoms with van der Waals surface area (Å²) >= 11 is 0. The third-order valence-corrected chi connectivity index (χ3v) is 1.88. The topological polar surface area (TPSA) is 63.3 Å². The van der Waals surface area contributed by atoms with Crippen LogP contribution in [0.3, 0.4) is 0 Å². The molecule has 0 aliphatic rings. The molecule has 0 unspecified atom stereocenters. The summed E-state index contributed by atoms with van der Waals surface area (Å²) in [5.74, 6) is -0.838. The second kappa shape index (κ2) is 5.13. The Morgan fingerprint density at radius 3 is 2.55 bits per heavy atom. The lowest BCUT2D eigenvalue weighted by Gasteiger charge is -2.14. The smallest absolute Gasteiger partial charge is 0.222 e. The highest BCUT2D eigenvalue weighted by Gasteiger charge is 2.18. The maximum Gasteiger partial charge on any atom is 0.222 e. The average Bonchev–Trinajstić information content (AvgIpc) is 1.98. The van der Waals surface area contributed by atoms with E-state index in [-0.39, 0.29) is 0 Å². The summed E-state index contributed by atoms with van der Waals surface area (Å²) in [5.41, 5.74) is 5.01. The van der Waals surface area contributed by atoms with E-state index >= 15 is 0 Å². The van der Waals surface area contributed by atoms with E-state index in [4.69, 9.17) is 5.73 Å². The van der Waals surface area contributed by atoms with E-state index in [9.17, 15) is 9.90 Å². The summed E-state index contributed by atoms with van der Waals surface area (Å²) in [4.78, 5) is 10.6. The van der Waals surface area contributed by atoms with Gasteiger partial charge in [0.2, 0.25) is 5.91 Å². The first-order valence-corrected chi connectivity index (χ1v) is 4.07. The van der Waals surface area contributed by atoms with Crippen LogP contribution in [-0.2, 0) is 4.79 Å². The molecular formula is C8H17NO2. The van der Waals surface area contributed by atoms with Crippen LogP contribution in [-0.4, -0.2) is 17.1 Å². The van der Waals surface area contributed by atoms with Gasteiger partial charge < -0.3 is 10.8 Å². The number of hydrogen-bond acceptors (Lipinski definition) is 2. The molecule has 0 aliphatic heterocycles. The van der Waals surface area contributed by atoms with E-state index in [0.29, 0.717) is 6.42 Å². The standard InChI is InChI=1S/C8H17NO2/c1-3-4-5-7(10)6(2)8(9)11/h6-7,10H,3-5H2,1-2H3,(H2,9,11)/t6-,7+/m1/s1. The van der Waals surface area contributed by atoms with Crippen molar-refractivity contribution in [1.82, 2.24) is 0 Å². The van der Waals surface area contributed by atoms with Crippen molar-refractivity contribution in [2.75, 3.05) is 0 Å². The first-order valence-electron chi connectivity index (χ1n) is 4.07. The minimum absolute atomic E-state index is 0.415. The predicted molar refractivity (Wildman–Crippen MR) is 43.9 cm³/mol. The Balaban J connectivity index is 3.63. The van der Waals surface area contributed by atoms with E-state index in [2.05, 4.69) is 0 Å². The molecule has 0 spiro atoms. The maximum atomic E-state index is 10.6. The minimum atomic E-state index is -0.563. The molecular weight excluding hydrogens is 142 g/mol. The van der Waals surface area contributed by atoms with Gasteiger partial charge in [0, 0.05) is 0 Å². The van der Waals surface area contributed by atoms with Crippen molar-refractivity contribution in [2.45, 2.75) is 39.2 Å². The fourth-order valence-corrected chi connectivity index (χ4v) is 0.853. The van der Waals surface area contributed by atoms with Gasteiger partial charge in [-0.2, -0.15) is 0 Å². The zero-order valence-electron chi connectivity index (χ0n) is 7.21. The number of nitrogens with two attached hydrogens (primary N) is 1. The molecule has 0 aromatic carbocycles. The van der Waals surface area contributed by atoms with Crippen LogP contribution in [0.5, 0.6) is 0 Å². The van der Waals surface area contributed by atoms with Crippen LogP contribution >= 0.6 is 0 Å². The van der Waals surface area contributed by atoms with Gasteiger partial charge in [0.25, 0.3) is 0 Å². The average molecular weight is 159 g/mol. The van der Waals surface area contributed by atoms with Crippen LogP contribution in [0.2, 0.25) is 0 Å². The highest BCUT2D eigenvalue weighted by atomic mass is 16.3. The molecule has 0 aliphatic carbocycles. The van der Waals surface area contributed by atoms with Crippen LogP contribution in [0.25, 0.3) is 0 Å². The quantitative estimate of drug-likeness (QED) is 0.619. The van der Waals surface area contributed by atoms with E-state index < -0.39 is 17.9 Å². The maximum absolute atomic E-state index is 10.6. The van der Waals surface area contributed by atoms with Gasteiger partial charge in [-0.1, -0.05) is 26.7 Å². The number of carbonyl (C=O) groups is 1. The van der Waals surface area contributed by atoms with Crippen molar-refractivity contribution in [1.29, 1.82) is 0 Å². The van der Waals surface area contributed by atoms with Gasteiger partial charge in [0.15, 0.2) is 0 Å². The second-order valence-electron chi connectivity index (χ2n) is 2.90. The van der Waals surface area contributed by atoms with Crippen molar-refractivity contribution >= 4 is 5.91 Å². The molecule has 0 saturated carbocycles. The Kier molecular flexibility index (Phi) is 4.86. The molecule has 0 rings (SSSR count). The number of carbonyl (C=O) groups excluding carboxylic acids is 1. The number of aliphatic hydroxyl groups is 1. The summed E-state index contributed by atoms with van der Waals surface area (Å²) < 4.78 is 0. The predicted octanol–water partition coefficient (Wildman–Crippen LogP) is 0.659. The van der Waals surface area contributed by atoms with E-state index in [1.165, 1.54) is 0 Å². The van der Waals surface area contributed by atoms with Gasteiger partial charge in [-0.05, 0) is 6.42 Å². The molecule has 3 N–H and O–H groups in total. The fraction of sp³-hybridized carbons (Fsp3) is 0.875. The molecule has 0 heterocycles.